The first-order valence-corrected chi connectivity index (χ1v) is 7.02. The van der Waals surface area contributed by atoms with Gasteiger partial charge in [-0.1, -0.05) is 0 Å². The SMILES string of the molecule is CC(C)(C(=O)N1CCOC(C(=O)O)C1)N1CCNCC1. The molecule has 2 saturated heterocycles. The van der Waals surface area contributed by atoms with Gasteiger partial charge < -0.3 is 20.1 Å². The van der Waals surface area contributed by atoms with E-state index in [0.29, 0.717) is 6.54 Å². The first kappa shape index (κ1) is 15.2. The number of morpholine rings is 1. The number of nitrogens with one attached hydrogen (secondary N) is 1. The minimum Gasteiger partial charge on any atom is -0.479 e. The second kappa shape index (κ2) is 6.07. The molecule has 0 aromatic rings. The lowest BCUT2D eigenvalue weighted by Crippen LogP contribution is -2.62. The van der Waals surface area contributed by atoms with Crippen LogP contribution in [0.5, 0.6) is 0 Å². The topological polar surface area (TPSA) is 82.1 Å². The molecule has 7 nitrogen and oxygen atoms in total. The van der Waals surface area contributed by atoms with Crippen molar-refractivity contribution in [2.24, 2.45) is 0 Å². The van der Waals surface area contributed by atoms with Crippen molar-refractivity contribution in [2.75, 3.05) is 45.9 Å². The van der Waals surface area contributed by atoms with Crippen molar-refractivity contribution in [1.82, 2.24) is 15.1 Å². The summed E-state index contributed by atoms with van der Waals surface area (Å²) < 4.78 is 5.16. The van der Waals surface area contributed by atoms with Crippen molar-refractivity contribution in [3.8, 4) is 0 Å². The highest BCUT2D eigenvalue weighted by Gasteiger charge is 2.40. The number of nitrogens with zero attached hydrogens (tertiary/aromatic N) is 2. The van der Waals surface area contributed by atoms with Crippen molar-refractivity contribution in [3.63, 3.8) is 0 Å². The molecular weight excluding hydrogens is 262 g/mol. The average Bonchev–Trinajstić information content (AvgIpc) is 2.47. The third-order valence-corrected chi connectivity index (χ3v) is 4.06. The summed E-state index contributed by atoms with van der Waals surface area (Å²) in [6.07, 6.45) is -0.911. The van der Waals surface area contributed by atoms with Gasteiger partial charge in [-0.3, -0.25) is 9.69 Å². The predicted molar refractivity (Wildman–Crippen MR) is 72.5 cm³/mol. The number of piperazine rings is 1. The highest BCUT2D eigenvalue weighted by molar-refractivity contribution is 5.86. The number of carbonyl (C=O) groups is 2. The number of aliphatic carboxylic acids is 1. The van der Waals surface area contributed by atoms with Gasteiger partial charge in [0.05, 0.1) is 18.7 Å². The Morgan fingerprint density at radius 3 is 2.50 bits per heavy atom. The molecule has 0 aromatic carbocycles. The molecule has 0 spiro atoms. The number of hydrogen-bond donors (Lipinski definition) is 2. The zero-order valence-electron chi connectivity index (χ0n) is 12.1. The van der Waals surface area contributed by atoms with E-state index < -0.39 is 17.6 Å². The number of rotatable bonds is 3. The van der Waals surface area contributed by atoms with Crippen molar-refractivity contribution in [1.29, 1.82) is 0 Å². The van der Waals surface area contributed by atoms with Gasteiger partial charge in [-0.15, -0.1) is 0 Å². The van der Waals surface area contributed by atoms with Crippen LogP contribution in [0.2, 0.25) is 0 Å². The van der Waals surface area contributed by atoms with Crippen LogP contribution in [0, 0.1) is 0 Å². The molecule has 0 bridgehead atoms. The monoisotopic (exact) mass is 285 g/mol. The van der Waals surface area contributed by atoms with Gasteiger partial charge in [0.1, 0.15) is 0 Å². The summed E-state index contributed by atoms with van der Waals surface area (Å²) in [7, 11) is 0. The number of carbonyl (C=O) groups excluding carboxylic acids is 1. The van der Waals surface area contributed by atoms with Crippen LogP contribution in [0.15, 0.2) is 0 Å². The third-order valence-electron chi connectivity index (χ3n) is 4.06. The first-order valence-electron chi connectivity index (χ1n) is 7.02. The Hall–Kier alpha value is -1.18. The number of carboxylic acids is 1. The van der Waals surface area contributed by atoms with Crippen molar-refractivity contribution in [2.45, 2.75) is 25.5 Å². The molecule has 1 unspecified atom stereocenters. The van der Waals surface area contributed by atoms with E-state index in [4.69, 9.17) is 9.84 Å². The fourth-order valence-corrected chi connectivity index (χ4v) is 2.73. The smallest absolute Gasteiger partial charge is 0.334 e. The number of hydrogen-bond acceptors (Lipinski definition) is 5. The van der Waals surface area contributed by atoms with Crippen molar-refractivity contribution >= 4 is 11.9 Å². The Balaban J connectivity index is 2.03. The third kappa shape index (κ3) is 3.11. The molecule has 2 aliphatic heterocycles. The molecule has 2 aliphatic rings. The molecule has 114 valence electrons. The summed E-state index contributed by atoms with van der Waals surface area (Å²) in [6.45, 7) is 8.08. The van der Waals surface area contributed by atoms with Crippen LogP contribution >= 0.6 is 0 Å². The molecule has 0 aliphatic carbocycles. The van der Waals surface area contributed by atoms with Crippen molar-refractivity contribution in [3.05, 3.63) is 0 Å². The Bertz CT molecular complexity index is 380. The number of amides is 1. The van der Waals surface area contributed by atoms with Crippen LogP contribution in [0.3, 0.4) is 0 Å². The molecule has 2 heterocycles. The lowest BCUT2D eigenvalue weighted by Gasteiger charge is -2.43. The lowest BCUT2D eigenvalue weighted by atomic mass is 9.99. The summed E-state index contributed by atoms with van der Waals surface area (Å²) in [5, 5.41) is 12.3. The Kier molecular flexibility index (Phi) is 4.62. The summed E-state index contributed by atoms with van der Waals surface area (Å²) in [4.78, 5) is 27.5. The van der Waals surface area contributed by atoms with Crippen LogP contribution in [0.25, 0.3) is 0 Å². The van der Waals surface area contributed by atoms with E-state index in [1.54, 1.807) is 4.90 Å². The molecule has 0 radical (unpaired) electrons. The molecule has 2 rings (SSSR count). The van der Waals surface area contributed by atoms with E-state index in [2.05, 4.69) is 10.2 Å². The molecule has 20 heavy (non-hydrogen) atoms. The van der Waals surface area contributed by atoms with E-state index in [1.165, 1.54) is 0 Å². The average molecular weight is 285 g/mol. The zero-order valence-corrected chi connectivity index (χ0v) is 12.1. The maximum atomic E-state index is 12.7. The molecular formula is C13H23N3O4. The van der Waals surface area contributed by atoms with Gasteiger partial charge in [-0.25, -0.2) is 4.79 Å². The minimum absolute atomic E-state index is 0.0195. The Labute approximate surface area is 118 Å². The van der Waals surface area contributed by atoms with Gasteiger partial charge >= 0.3 is 5.97 Å². The van der Waals surface area contributed by atoms with Gasteiger partial charge in [0.2, 0.25) is 5.91 Å². The van der Waals surface area contributed by atoms with Crippen LogP contribution in [0.1, 0.15) is 13.8 Å². The lowest BCUT2D eigenvalue weighted by molar-refractivity contribution is -0.163. The van der Waals surface area contributed by atoms with Gasteiger partial charge in [0, 0.05) is 32.7 Å². The molecule has 2 fully saturated rings. The number of carboxylic acid groups (broad SMARTS) is 1. The molecule has 1 amide bonds. The van der Waals surface area contributed by atoms with Gasteiger partial charge in [-0.2, -0.15) is 0 Å². The van der Waals surface area contributed by atoms with E-state index in [9.17, 15) is 9.59 Å². The van der Waals surface area contributed by atoms with E-state index in [-0.39, 0.29) is 19.1 Å². The van der Waals surface area contributed by atoms with Crippen LogP contribution in [-0.2, 0) is 14.3 Å². The molecule has 7 heteroatoms. The first-order chi connectivity index (χ1) is 9.43. The van der Waals surface area contributed by atoms with Crippen LogP contribution < -0.4 is 5.32 Å². The van der Waals surface area contributed by atoms with E-state index in [1.807, 2.05) is 13.8 Å². The molecule has 2 N–H and O–H groups in total. The van der Waals surface area contributed by atoms with E-state index >= 15 is 0 Å². The summed E-state index contributed by atoms with van der Waals surface area (Å²) in [6, 6.07) is 0. The minimum atomic E-state index is -1.01. The Morgan fingerprint density at radius 2 is 1.90 bits per heavy atom. The maximum absolute atomic E-state index is 12.7. The van der Waals surface area contributed by atoms with Gasteiger partial charge in [0.25, 0.3) is 0 Å². The highest BCUT2D eigenvalue weighted by atomic mass is 16.5. The predicted octanol–water partition coefficient (Wildman–Crippen LogP) is -1.02. The van der Waals surface area contributed by atoms with Crippen LogP contribution in [-0.4, -0.2) is 84.3 Å². The largest absolute Gasteiger partial charge is 0.479 e. The summed E-state index contributed by atoms with van der Waals surface area (Å²) in [5.41, 5.74) is -0.609. The fourth-order valence-electron chi connectivity index (χ4n) is 2.73. The molecule has 1 atom stereocenters. The standard InChI is InChI=1S/C13H23N3O4/c1-13(2,16-5-3-14-4-6-16)12(19)15-7-8-20-10(9-15)11(17)18/h10,14H,3-9H2,1-2H3,(H,17,18). The summed E-state index contributed by atoms with van der Waals surface area (Å²) in [5.74, 6) is -1.03. The van der Waals surface area contributed by atoms with E-state index in [0.717, 1.165) is 26.2 Å². The number of ether oxygens (including phenoxy) is 1. The molecule has 0 saturated carbocycles. The van der Waals surface area contributed by atoms with Gasteiger partial charge in [0.15, 0.2) is 6.10 Å². The highest BCUT2D eigenvalue weighted by Crippen LogP contribution is 2.20. The van der Waals surface area contributed by atoms with Gasteiger partial charge in [-0.05, 0) is 13.8 Å². The van der Waals surface area contributed by atoms with Crippen molar-refractivity contribution < 1.29 is 19.4 Å². The zero-order chi connectivity index (χ0) is 14.8. The quantitative estimate of drug-likeness (QED) is 0.691. The Morgan fingerprint density at radius 1 is 1.25 bits per heavy atom. The molecule has 0 aromatic heterocycles. The normalized spacial score (nSPS) is 25.5. The summed E-state index contributed by atoms with van der Waals surface area (Å²) >= 11 is 0. The second-order valence-corrected chi connectivity index (χ2v) is 5.74. The second-order valence-electron chi connectivity index (χ2n) is 5.74. The van der Waals surface area contributed by atoms with Crippen LogP contribution in [0.4, 0.5) is 0 Å². The maximum Gasteiger partial charge on any atom is 0.334 e. The fraction of sp³-hybridized carbons (Fsp3) is 0.846.